The van der Waals surface area contributed by atoms with Gasteiger partial charge in [-0.1, -0.05) is 37.4 Å². The minimum absolute atomic E-state index is 0.0907. The predicted octanol–water partition coefficient (Wildman–Crippen LogP) is 6.51. The van der Waals surface area contributed by atoms with Crippen molar-refractivity contribution in [2.24, 2.45) is 16.9 Å². The molecule has 6 heteroatoms. The summed E-state index contributed by atoms with van der Waals surface area (Å²) in [4.78, 5) is 12.6. The van der Waals surface area contributed by atoms with Gasteiger partial charge in [0.1, 0.15) is 6.07 Å². The molecule has 0 N–H and O–H groups in total. The van der Waals surface area contributed by atoms with Gasteiger partial charge in [-0.2, -0.15) is 10.4 Å². The number of fused-ring (bicyclic) bond motifs is 3. The van der Waals surface area contributed by atoms with Crippen molar-refractivity contribution in [3.63, 3.8) is 0 Å². The zero-order valence-electron chi connectivity index (χ0n) is 19.8. The highest BCUT2D eigenvalue weighted by Gasteiger charge is 2.45. The number of aryl methyl sites for hydroxylation is 1. The van der Waals surface area contributed by atoms with Crippen molar-refractivity contribution >= 4 is 29.0 Å². The molecule has 3 atom stereocenters. The number of carbonyl (C=O) groups excluding carboxylic acids is 1. The van der Waals surface area contributed by atoms with Gasteiger partial charge < -0.3 is 4.74 Å². The van der Waals surface area contributed by atoms with E-state index < -0.39 is 0 Å². The van der Waals surface area contributed by atoms with E-state index in [0.29, 0.717) is 34.0 Å². The number of carbonyl (C=O) groups is 1. The molecule has 1 aliphatic heterocycles. The number of esters is 1. The molecular formula is C28H30ClN3O2. The molecule has 2 unspecified atom stereocenters. The fourth-order valence-electron chi connectivity index (χ4n) is 5.77. The normalized spacial score (nSPS) is 22.5. The van der Waals surface area contributed by atoms with Gasteiger partial charge in [0.2, 0.25) is 0 Å². The lowest BCUT2D eigenvalue weighted by atomic mass is 9.75. The number of anilines is 1. The van der Waals surface area contributed by atoms with Crippen LogP contribution in [0.5, 0.6) is 0 Å². The minimum Gasteiger partial charge on any atom is -0.459 e. The number of benzene rings is 2. The van der Waals surface area contributed by atoms with Gasteiger partial charge in [0.25, 0.3) is 0 Å². The van der Waals surface area contributed by atoms with Gasteiger partial charge >= 0.3 is 5.97 Å². The van der Waals surface area contributed by atoms with Crippen molar-refractivity contribution in [1.29, 1.82) is 5.26 Å². The average molecular weight is 476 g/mol. The molecule has 0 radical (unpaired) electrons. The van der Waals surface area contributed by atoms with E-state index in [0.717, 1.165) is 36.2 Å². The first-order valence-electron chi connectivity index (χ1n) is 12.4. The molecule has 1 saturated carbocycles. The summed E-state index contributed by atoms with van der Waals surface area (Å²) in [6, 6.07) is 14.0. The molecule has 176 valence electrons. The number of ether oxygens (including phenoxy) is 1. The lowest BCUT2D eigenvalue weighted by molar-refractivity contribution is 0.0334. The third kappa shape index (κ3) is 4.09. The van der Waals surface area contributed by atoms with Crippen LogP contribution in [0.1, 0.15) is 79.4 Å². The molecule has 3 aliphatic rings. The molecule has 2 aromatic rings. The quantitative estimate of drug-likeness (QED) is 0.462. The highest BCUT2D eigenvalue weighted by molar-refractivity contribution is 6.32. The number of rotatable bonds is 5. The zero-order chi connectivity index (χ0) is 23.8. The van der Waals surface area contributed by atoms with Gasteiger partial charge in [-0.05, 0) is 80.8 Å². The number of hydrogen-bond acceptors (Lipinski definition) is 5. The summed E-state index contributed by atoms with van der Waals surface area (Å²) >= 11 is 6.40. The largest absolute Gasteiger partial charge is 0.459 e. The van der Waals surface area contributed by atoms with E-state index in [4.69, 9.17) is 21.4 Å². The fraction of sp³-hybridized carbons (Fsp3) is 0.464. The number of hydrogen-bond donors (Lipinski definition) is 0. The van der Waals surface area contributed by atoms with Crippen LogP contribution in [0.3, 0.4) is 0 Å². The van der Waals surface area contributed by atoms with Crippen molar-refractivity contribution in [1.82, 2.24) is 0 Å². The molecule has 0 bridgehead atoms. The van der Waals surface area contributed by atoms with E-state index in [-0.39, 0.29) is 12.1 Å². The molecule has 5 rings (SSSR count). The lowest BCUT2D eigenvalue weighted by Gasteiger charge is -2.34. The van der Waals surface area contributed by atoms with Gasteiger partial charge in [0.05, 0.1) is 39.7 Å². The van der Waals surface area contributed by atoms with Crippen molar-refractivity contribution in [3.8, 4) is 6.07 Å². The van der Waals surface area contributed by atoms with Gasteiger partial charge in [-0.25, -0.2) is 4.79 Å². The third-order valence-electron chi connectivity index (χ3n) is 7.71. The molecule has 0 spiro atoms. The van der Waals surface area contributed by atoms with E-state index in [1.165, 1.54) is 31.2 Å². The van der Waals surface area contributed by atoms with Crippen LogP contribution in [0.4, 0.5) is 5.69 Å². The highest BCUT2D eigenvalue weighted by atomic mass is 35.5. The molecule has 2 aromatic carbocycles. The molecule has 0 saturated heterocycles. The number of nitrogens with zero attached hydrogens (tertiary/aromatic N) is 3. The lowest BCUT2D eigenvalue weighted by Crippen LogP contribution is -2.40. The van der Waals surface area contributed by atoms with E-state index in [2.05, 4.69) is 17.1 Å². The highest BCUT2D eigenvalue weighted by Crippen LogP contribution is 2.45. The van der Waals surface area contributed by atoms with Crippen LogP contribution in [0.15, 0.2) is 41.5 Å². The number of nitriles is 1. The van der Waals surface area contributed by atoms with Crippen LogP contribution >= 0.6 is 11.6 Å². The van der Waals surface area contributed by atoms with Crippen molar-refractivity contribution < 1.29 is 9.53 Å². The van der Waals surface area contributed by atoms with E-state index in [1.807, 2.05) is 38.1 Å². The van der Waals surface area contributed by atoms with E-state index in [9.17, 15) is 10.1 Å². The second-order valence-electron chi connectivity index (χ2n) is 9.78. The van der Waals surface area contributed by atoms with Gasteiger partial charge in [0, 0.05) is 11.5 Å². The van der Waals surface area contributed by atoms with Crippen LogP contribution in [0, 0.1) is 23.2 Å². The second kappa shape index (κ2) is 9.43. The summed E-state index contributed by atoms with van der Waals surface area (Å²) < 4.78 is 5.54. The summed E-state index contributed by atoms with van der Waals surface area (Å²) in [7, 11) is 0. The Morgan fingerprint density at radius 3 is 2.74 bits per heavy atom. The van der Waals surface area contributed by atoms with E-state index in [1.54, 1.807) is 6.07 Å². The molecule has 1 fully saturated rings. The maximum absolute atomic E-state index is 12.6. The Kier molecular flexibility index (Phi) is 6.36. The van der Waals surface area contributed by atoms with Crippen LogP contribution in [0.25, 0.3) is 0 Å². The Balaban J connectivity index is 1.51. The maximum Gasteiger partial charge on any atom is 0.338 e. The van der Waals surface area contributed by atoms with Gasteiger partial charge in [-0.15, -0.1) is 0 Å². The van der Waals surface area contributed by atoms with E-state index >= 15 is 0 Å². The van der Waals surface area contributed by atoms with Gasteiger partial charge in [-0.3, -0.25) is 5.01 Å². The Morgan fingerprint density at radius 2 is 2.03 bits per heavy atom. The molecule has 1 heterocycles. The van der Waals surface area contributed by atoms with Crippen molar-refractivity contribution in [2.45, 2.75) is 70.9 Å². The van der Waals surface area contributed by atoms with Crippen LogP contribution < -0.4 is 5.01 Å². The first-order chi connectivity index (χ1) is 16.5. The van der Waals surface area contributed by atoms with Gasteiger partial charge in [0.15, 0.2) is 0 Å². The molecule has 5 nitrogen and oxygen atoms in total. The minimum atomic E-state index is -0.259. The Morgan fingerprint density at radius 1 is 1.24 bits per heavy atom. The summed E-state index contributed by atoms with van der Waals surface area (Å²) in [5, 5.41) is 17.1. The average Bonchev–Trinajstić information content (AvgIpc) is 3.51. The Hall–Kier alpha value is -2.84. The number of hydrazone groups is 1. The molecule has 2 aliphatic carbocycles. The molecule has 0 aromatic heterocycles. The smallest absolute Gasteiger partial charge is 0.338 e. The molecule has 34 heavy (non-hydrogen) atoms. The Labute approximate surface area is 206 Å². The van der Waals surface area contributed by atoms with Crippen LogP contribution in [0.2, 0.25) is 5.02 Å². The SMILES string of the molecule is CC[C@@H](C)OC(=O)c1ccc2c(c1)CCC1C2=NN(c2ccc(C#N)c(Cl)c2)C1C1CCCC1. The predicted molar refractivity (Wildman–Crippen MR) is 134 cm³/mol. The molecular weight excluding hydrogens is 446 g/mol. The number of halogens is 1. The van der Waals surface area contributed by atoms with Crippen LogP contribution in [-0.2, 0) is 11.2 Å². The summed E-state index contributed by atoms with van der Waals surface area (Å²) in [6.07, 6.45) is 7.62. The summed E-state index contributed by atoms with van der Waals surface area (Å²) in [5.74, 6) is 0.681. The van der Waals surface area contributed by atoms with Crippen molar-refractivity contribution in [2.75, 3.05) is 5.01 Å². The Bertz CT molecular complexity index is 1180. The molecule has 0 amide bonds. The fourth-order valence-corrected chi connectivity index (χ4v) is 5.98. The first-order valence-corrected chi connectivity index (χ1v) is 12.8. The first kappa shape index (κ1) is 22.9. The third-order valence-corrected chi connectivity index (χ3v) is 8.02. The zero-order valence-corrected chi connectivity index (χ0v) is 20.5. The summed E-state index contributed by atoms with van der Waals surface area (Å²) in [6.45, 7) is 3.93. The van der Waals surface area contributed by atoms with Crippen LogP contribution in [-0.4, -0.2) is 23.8 Å². The second-order valence-corrected chi connectivity index (χ2v) is 10.2. The standard InChI is InChI=1S/C28H30ClN3O2/c1-3-17(2)34-28(33)20-10-12-23-19(14-20)9-13-24-26(23)31-32(27(24)18-6-4-5-7-18)22-11-8-21(16-30)25(29)15-22/h8,10-12,14-15,17-18,24,27H,3-7,9,13H2,1-2H3/t17-,24?,27?/m1/s1. The topological polar surface area (TPSA) is 65.7 Å². The monoisotopic (exact) mass is 475 g/mol. The maximum atomic E-state index is 12.6. The summed E-state index contributed by atoms with van der Waals surface area (Å²) in [5.41, 5.74) is 5.45. The van der Waals surface area contributed by atoms with Crippen molar-refractivity contribution in [3.05, 3.63) is 63.7 Å².